The molecule has 0 saturated carbocycles. The van der Waals surface area contributed by atoms with Gasteiger partial charge in [0.05, 0.1) is 0 Å². The third-order valence-electron chi connectivity index (χ3n) is 6.75. The zero-order valence-electron chi connectivity index (χ0n) is 27.1. The van der Waals surface area contributed by atoms with Crippen molar-refractivity contribution in [1.29, 1.82) is 0 Å². The number of rotatable bonds is 18. The Labute approximate surface area is 228 Å². The van der Waals surface area contributed by atoms with Crippen LogP contribution < -0.4 is 0 Å². The second-order valence-electron chi connectivity index (χ2n) is 13.9. The molecule has 0 heterocycles. The summed E-state index contributed by atoms with van der Waals surface area (Å²) in [6.07, 6.45) is 26.7. The van der Waals surface area contributed by atoms with Crippen LogP contribution in [0.1, 0.15) is 179 Å². The van der Waals surface area contributed by atoms with E-state index in [1.54, 1.807) is 18.5 Å². The quantitative estimate of drug-likeness (QED) is 0.122. The molecule has 0 amide bonds. The molecule has 0 aliphatic heterocycles. The summed E-state index contributed by atoms with van der Waals surface area (Å²) in [4.78, 5) is 0. The van der Waals surface area contributed by atoms with Crippen LogP contribution in [0.15, 0.2) is 0 Å². The summed E-state index contributed by atoms with van der Waals surface area (Å²) in [5.41, 5.74) is 0. The Balaban J connectivity index is 0. The van der Waals surface area contributed by atoms with Gasteiger partial charge in [0.1, 0.15) is 0 Å². The van der Waals surface area contributed by atoms with Gasteiger partial charge in [-0.3, -0.25) is 0 Å². The van der Waals surface area contributed by atoms with E-state index in [1.165, 1.54) is 96.3 Å². The van der Waals surface area contributed by atoms with Crippen LogP contribution >= 0.6 is 15.8 Å². The highest BCUT2D eigenvalue weighted by molar-refractivity contribution is 7.62. The van der Waals surface area contributed by atoms with Crippen LogP contribution in [-0.4, -0.2) is 34.0 Å². The van der Waals surface area contributed by atoms with Crippen molar-refractivity contribution in [2.75, 3.05) is 18.5 Å². The first kappa shape index (κ1) is 38.0. The summed E-state index contributed by atoms with van der Waals surface area (Å²) in [6, 6.07) is 0. The predicted molar refractivity (Wildman–Crippen MR) is 174 cm³/mol. The van der Waals surface area contributed by atoms with E-state index in [2.05, 4.69) is 83.1 Å². The van der Waals surface area contributed by atoms with Gasteiger partial charge >= 0.3 is 0 Å². The highest BCUT2D eigenvalue weighted by Crippen LogP contribution is 2.66. The summed E-state index contributed by atoms with van der Waals surface area (Å²) in [5, 5.41) is 1.35. The first-order valence-corrected chi connectivity index (χ1v) is 19.0. The van der Waals surface area contributed by atoms with Crippen molar-refractivity contribution >= 4 is 15.8 Å². The molecule has 0 rings (SSSR count). The summed E-state index contributed by atoms with van der Waals surface area (Å²) in [5.74, 6) is 0. The van der Waals surface area contributed by atoms with Crippen molar-refractivity contribution in [2.45, 2.75) is 195 Å². The third-order valence-corrected chi connectivity index (χ3v) is 13.6. The smallest absolute Gasteiger partial charge is 0.0170 e. The normalized spacial score (nSPS) is 12.9. The zero-order chi connectivity index (χ0) is 27.4. The first-order valence-electron chi connectivity index (χ1n) is 15.7. The van der Waals surface area contributed by atoms with Gasteiger partial charge in [-0.15, -0.1) is 7.92 Å². The second-order valence-corrected chi connectivity index (χ2v) is 21.3. The molecule has 0 aromatic carbocycles. The molecular formula is C33H72P2. The maximum absolute atomic E-state index is 2.38. The Hall–Kier alpha value is 0.860. The molecule has 0 nitrogen and oxygen atoms in total. The summed E-state index contributed by atoms with van der Waals surface area (Å²) in [7, 11) is 0.393. The largest absolute Gasteiger partial charge is 0.107 e. The fourth-order valence-electron chi connectivity index (χ4n) is 6.17. The van der Waals surface area contributed by atoms with Gasteiger partial charge < -0.3 is 0 Å². The van der Waals surface area contributed by atoms with Crippen LogP contribution in [0.2, 0.25) is 0 Å². The van der Waals surface area contributed by atoms with Crippen molar-refractivity contribution in [3.63, 3.8) is 0 Å². The lowest BCUT2D eigenvalue weighted by atomic mass is 10.2. The first-order chi connectivity index (χ1) is 16.2. The maximum atomic E-state index is 2.38. The fraction of sp³-hybridized carbons (Fsp3) is 1.00. The Morgan fingerprint density at radius 3 is 0.743 bits per heavy atom. The minimum atomic E-state index is 0.0162. The molecule has 0 unspecified atom stereocenters. The van der Waals surface area contributed by atoms with Crippen LogP contribution in [0.3, 0.4) is 0 Å². The van der Waals surface area contributed by atoms with Crippen LogP contribution in [0.5, 0.6) is 0 Å². The molecule has 0 spiro atoms. The summed E-state index contributed by atoms with van der Waals surface area (Å²) < 4.78 is 0. The lowest BCUT2D eigenvalue weighted by Gasteiger charge is -2.49. The van der Waals surface area contributed by atoms with Gasteiger partial charge in [0.25, 0.3) is 0 Å². The summed E-state index contributed by atoms with van der Waals surface area (Å²) in [6.45, 7) is 28.4. The molecule has 0 aromatic heterocycles. The second kappa shape index (κ2) is 21.8. The van der Waals surface area contributed by atoms with Crippen molar-refractivity contribution in [1.82, 2.24) is 0 Å². The lowest BCUT2D eigenvalue weighted by Crippen LogP contribution is -2.34. The molecule has 0 radical (unpaired) electrons. The van der Waals surface area contributed by atoms with E-state index < -0.39 is 0 Å². The predicted octanol–water partition coefficient (Wildman–Crippen LogP) is 13.2. The molecule has 0 atom stereocenters. The number of hydrogen-bond acceptors (Lipinski definition) is 0. The van der Waals surface area contributed by atoms with Crippen molar-refractivity contribution in [3.05, 3.63) is 0 Å². The highest BCUT2D eigenvalue weighted by atomic mass is 31.1. The molecule has 0 aliphatic rings. The Bertz CT molecular complexity index is 369. The Morgan fingerprint density at radius 2 is 0.571 bits per heavy atom. The fourth-order valence-corrected chi connectivity index (χ4v) is 14.9. The van der Waals surface area contributed by atoms with E-state index in [9.17, 15) is 0 Å². The zero-order valence-corrected chi connectivity index (χ0v) is 28.9. The van der Waals surface area contributed by atoms with Crippen molar-refractivity contribution in [3.8, 4) is 0 Å². The van der Waals surface area contributed by atoms with Crippen LogP contribution in [0.4, 0.5) is 0 Å². The van der Waals surface area contributed by atoms with Crippen LogP contribution in [0, 0.1) is 0 Å². The van der Waals surface area contributed by atoms with Crippen LogP contribution in [-0.2, 0) is 0 Å². The van der Waals surface area contributed by atoms with E-state index in [1.807, 2.05) is 0 Å². The molecule has 2 heteroatoms. The minimum Gasteiger partial charge on any atom is -0.107 e. The van der Waals surface area contributed by atoms with Crippen LogP contribution in [0.25, 0.3) is 0 Å². The molecule has 0 aliphatic carbocycles. The molecule has 35 heavy (non-hydrogen) atoms. The van der Waals surface area contributed by atoms with Gasteiger partial charge in [0.15, 0.2) is 0 Å². The van der Waals surface area contributed by atoms with Gasteiger partial charge in [-0.2, -0.15) is 0 Å². The van der Waals surface area contributed by atoms with E-state index >= 15 is 0 Å². The standard InChI is InChI=1S/C21H45P.C12H27P/c1-4-7-10-13-16-19-22(20-17-14-11-8-5-2)21-18-15-12-9-6-3;1-10(2,3)13(11(4,5)6)12(7,8)9/h4-21H2,1-3H3;1-9H3. The average molecular weight is 531 g/mol. The monoisotopic (exact) mass is 531 g/mol. The average Bonchev–Trinajstić information content (AvgIpc) is 2.69. The number of unbranched alkanes of at least 4 members (excludes halogenated alkanes) is 12. The third kappa shape index (κ3) is 23.7. The summed E-state index contributed by atoms with van der Waals surface area (Å²) >= 11 is 0. The maximum Gasteiger partial charge on any atom is -0.0170 e. The molecule has 0 N–H and O–H groups in total. The lowest BCUT2D eigenvalue weighted by molar-refractivity contribution is 0.644. The number of hydrogen-bond donors (Lipinski definition) is 0. The van der Waals surface area contributed by atoms with E-state index in [0.717, 1.165) is 0 Å². The van der Waals surface area contributed by atoms with Gasteiger partial charge in [0.2, 0.25) is 0 Å². The topological polar surface area (TPSA) is 0 Å². The van der Waals surface area contributed by atoms with E-state index in [4.69, 9.17) is 0 Å². The van der Waals surface area contributed by atoms with Gasteiger partial charge in [-0.25, -0.2) is 0 Å². The molecule has 0 saturated heterocycles. The highest BCUT2D eigenvalue weighted by Gasteiger charge is 2.41. The Morgan fingerprint density at radius 1 is 0.343 bits per heavy atom. The minimum absolute atomic E-state index is 0.0162. The van der Waals surface area contributed by atoms with E-state index in [-0.39, 0.29) is 7.92 Å². The molecular weight excluding hydrogens is 458 g/mol. The van der Waals surface area contributed by atoms with Crippen molar-refractivity contribution in [2.24, 2.45) is 0 Å². The van der Waals surface area contributed by atoms with Crippen molar-refractivity contribution < 1.29 is 0 Å². The Kier molecular flexibility index (Phi) is 23.6. The molecule has 0 fully saturated rings. The van der Waals surface area contributed by atoms with Gasteiger partial charge in [0, 0.05) is 0 Å². The SMILES string of the molecule is CC(C)(C)P(C(C)(C)C)C(C)(C)C.CCCCCCCP(CCCCCCC)CCCCCCC. The molecule has 0 aromatic rings. The van der Waals surface area contributed by atoms with E-state index in [0.29, 0.717) is 23.4 Å². The van der Waals surface area contributed by atoms with Gasteiger partial charge in [-0.1, -0.05) is 168 Å². The molecule has 0 bridgehead atoms. The van der Waals surface area contributed by atoms with Gasteiger partial charge in [-0.05, 0) is 53.2 Å². The molecule has 214 valence electrons.